The van der Waals surface area contributed by atoms with Crippen LogP contribution in [0.15, 0.2) is 60.7 Å². The van der Waals surface area contributed by atoms with Crippen LogP contribution >= 0.6 is 0 Å². The molecule has 1 unspecified atom stereocenters. The highest BCUT2D eigenvalue weighted by molar-refractivity contribution is 5.83. The summed E-state index contributed by atoms with van der Waals surface area (Å²) < 4.78 is 13.5. The molecular weight excluding hydrogens is 478 g/mol. The van der Waals surface area contributed by atoms with Gasteiger partial charge in [-0.05, 0) is 73.9 Å². The number of ether oxygens (including phenoxy) is 2. The lowest BCUT2D eigenvalue weighted by molar-refractivity contribution is -0.139. The summed E-state index contributed by atoms with van der Waals surface area (Å²) in [6, 6.07) is 19.9. The quantitative estimate of drug-likeness (QED) is 0.139. The fourth-order valence-electron chi connectivity index (χ4n) is 4.55. The molecule has 1 N–H and O–H groups in total. The van der Waals surface area contributed by atoms with Crippen molar-refractivity contribution in [2.75, 3.05) is 6.61 Å². The lowest BCUT2D eigenvalue weighted by Crippen LogP contribution is -2.22. The number of fused-ring (bicyclic) bond motifs is 1. The summed E-state index contributed by atoms with van der Waals surface area (Å²) in [6.45, 7) is 7.93. The zero-order valence-electron chi connectivity index (χ0n) is 22.5. The Balaban J connectivity index is 1.32. The number of carbonyl (C=O) groups is 1. The van der Waals surface area contributed by atoms with Crippen molar-refractivity contribution < 1.29 is 19.4 Å². The second-order valence-corrected chi connectivity index (χ2v) is 9.76. The number of nitrogens with zero attached hydrogens (tertiary/aromatic N) is 3. The maximum absolute atomic E-state index is 13.1. The van der Waals surface area contributed by atoms with Crippen LogP contribution < -0.4 is 4.74 Å². The molecule has 0 radical (unpaired) electrons. The van der Waals surface area contributed by atoms with Crippen molar-refractivity contribution in [3.63, 3.8) is 0 Å². The molecule has 38 heavy (non-hydrogen) atoms. The van der Waals surface area contributed by atoms with E-state index in [0.717, 1.165) is 52.7 Å². The zero-order chi connectivity index (χ0) is 26.9. The van der Waals surface area contributed by atoms with E-state index < -0.39 is 0 Å². The van der Waals surface area contributed by atoms with E-state index in [1.165, 1.54) is 5.56 Å². The highest BCUT2D eigenvalue weighted by Gasteiger charge is 2.22. The Labute approximate surface area is 224 Å². The normalized spacial score (nSPS) is 12.1. The van der Waals surface area contributed by atoms with Crippen molar-refractivity contribution in [1.82, 2.24) is 15.0 Å². The molecule has 0 spiro atoms. The number of aliphatic hydroxyl groups is 1. The Bertz CT molecular complexity index is 1350. The van der Waals surface area contributed by atoms with Crippen molar-refractivity contribution in [2.45, 2.75) is 66.2 Å². The van der Waals surface area contributed by atoms with Gasteiger partial charge in [0, 0.05) is 18.7 Å². The molecule has 4 rings (SSSR count). The smallest absolute Gasteiger partial charge is 0.314 e. The van der Waals surface area contributed by atoms with Crippen LogP contribution in [0.3, 0.4) is 0 Å². The van der Waals surface area contributed by atoms with E-state index in [2.05, 4.69) is 22.4 Å². The Hall–Kier alpha value is -3.55. The molecule has 0 aliphatic rings. The van der Waals surface area contributed by atoms with Crippen molar-refractivity contribution in [2.24, 2.45) is 5.92 Å². The number of esters is 1. The van der Waals surface area contributed by atoms with Gasteiger partial charge in [-0.3, -0.25) is 4.79 Å². The average molecular weight is 516 g/mol. The van der Waals surface area contributed by atoms with E-state index in [1.807, 2.05) is 74.0 Å². The average Bonchev–Trinajstić information content (AvgIpc) is 3.35. The Kier molecular flexibility index (Phi) is 9.62. The van der Waals surface area contributed by atoms with Gasteiger partial charge in [-0.1, -0.05) is 60.7 Å². The molecule has 1 atom stereocenters. The highest BCUT2D eigenvalue weighted by Crippen LogP contribution is 2.27. The van der Waals surface area contributed by atoms with E-state index in [0.29, 0.717) is 31.8 Å². The van der Waals surface area contributed by atoms with Crippen molar-refractivity contribution in [1.29, 1.82) is 0 Å². The number of aryl methyl sites for hydroxylation is 3. The molecule has 0 aliphatic heterocycles. The first kappa shape index (κ1) is 27.5. The molecule has 0 saturated heterocycles. The van der Waals surface area contributed by atoms with Gasteiger partial charge in [0.15, 0.2) is 0 Å². The first-order chi connectivity index (χ1) is 18.5. The maximum Gasteiger partial charge on any atom is 0.314 e. The molecule has 0 bridgehead atoms. The Morgan fingerprint density at radius 2 is 1.84 bits per heavy atom. The number of aliphatic hydroxyl groups excluding tert-OH is 1. The molecular formula is C31H37N3O4. The molecule has 0 aliphatic carbocycles. The number of rotatable bonds is 13. The van der Waals surface area contributed by atoms with Crippen LogP contribution in [0.4, 0.5) is 0 Å². The predicted octanol–water partition coefficient (Wildman–Crippen LogP) is 5.71. The molecule has 7 nitrogen and oxygen atoms in total. The Morgan fingerprint density at radius 3 is 2.61 bits per heavy atom. The van der Waals surface area contributed by atoms with Crippen molar-refractivity contribution >= 4 is 17.0 Å². The second kappa shape index (κ2) is 13.3. The molecule has 1 aromatic heterocycles. The van der Waals surface area contributed by atoms with Gasteiger partial charge in [0.25, 0.3) is 0 Å². The number of carbonyl (C=O) groups excluding carboxylic acids is 1. The van der Waals surface area contributed by atoms with Crippen LogP contribution in [0.1, 0.15) is 54.0 Å². The van der Waals surface area contributed by atoms with E-state index in [4.69, 9.17) is 9.47 Å². The van der Waals surface area contributed by atoms with Gasteiger partial charge >= 0.3 is 5.97 Å². The lowest BCUT2D eigenvalue weighted by Gasteiger charge is -2.16. The topological polar surface area (TPSA) is 86.5 Å². The lowest BCUT2D eigenvalue weighted by atomic mass is 9.94. The molecule has 0 fully saturated rings. The number of hydrogen-bond acceptors (Lipinski definition) is 6. The standard InChI is InChI=1S/C31H37N3O4/c1-4-26(18-25-13-12-22(2)27(19-25)20-35)31(36)38-29-15-14-28-30(23(29)3)32-33-34(28)16-8-9-17-37-21-24-10-6-5-7-11-24/h5-7,10-15,19,26,35H,4,8-9,16-18,20-21H2,1-3H3. The molecule has 3 aromatic carbocycles. The van der Waals surface area contributed by atoms with Gasteiger partial charge in [-0.25, -0.2) is 4.68 Å². The molecule has 7 heteroatoms. The van der Waals surface area contributed by atoms with Crippen molar-refractivity contribution in [3.05, 3.63) is 88.5 Å². The van der Waals surface area contributed by atoms with Gasteiger partial charge in [0.1, 0.15) is 11.3 Å². The van der Waals surface area contributed by atoms with Gasteiger partial charge in [0.2, 0.25) is 0 Å². The fourth-order valence-corrected chi connectivity index (χ4v) is 4.55. The summed E-state index contributed by atoms with van der Waals surface area (Å²) in [5.74, 6) is -0.0228. The van der Waals surface area contributed by atoms with Gasteiger partial charge in [-0.2, -0.15) is 0 Å². The van der Waals surface area contributed by atoms with Crippen molar-refractivity contribution in [3.8, 4) is 5.75 Å². The molecule has 0 amide bonds. The first-order valence-corrected chi connectivity index (χ1v) is 13.4. The monoisotopic (exact) mass is 515 g/mol. The molecule has 1 heterocycles. The Morgan fingerprint density at radius 1 is 1.03 bits per heavy atom. The van der Waals surface area contributed by atoms with Gasteiger partial charge in [-0.15, -0.1) is 5.10 Å². The zero-order valence-corrected chi connectivity index (χ0v) is 22.5. The first-order valence-electron chi connectivity index (χ1n) is 13.4. The summed E-state index contributed by atoms with van der Waals surface area (Å²) in [5.41, 5.74) is 6.60. The molecule has 200 valence electrons. The number of benzene rings is 3. The summed E-state index contributed by atoms with van der Waals surface area (Å²) >= 11 is 0. The van der Waals surface area contributed by atoms with E-state index in [1.54, 1.807) is 0 Å². The summed E-state index contributed by atoms with van der Waals surface area (Å²) in [4.78, 5) is 13.1. The number of aromatic nitrogens is 3. The predicted molar refractivity (Wildman–Crippen MR) is 148 cm³/mol. The minimum atomic E-state index is -0.279. The molecule has 4 aromatic rings. The molecule has 0 saturated carbocycles. The minimum Gasteiger partial charge on any atom is -0.426 e. The van der Waals surface area contributed by atoms with Crippen LogP contribution in [0.5, 0.6) is 5.75 Å². The minimum absolute atomic E-state index is 0.0111. The van der Waals surface area contributed by atoms with Gasteiger partial charge in [0.05, 0.1) is 24.6 Å². The highest BCUT2D eigenvalue weighted by atomic mass is 16.5. The van der Waals surface area contributed by atoms with E-state index >= 15 is 0 Å². The third kappa shape index (κ3) is 6.85. The third-order valence-electron chi connectivity index (χ3n) is 7.01. The number of hydrogen-bond donors (Lipinski definition) is 1. The SMILES string of the molecule is CCC(Cc1ccc(C)c(CO)c1)C(=O)Oc1ccc2c(nnn2CCCCOCc2ccccc2)c1C. The summed E-state index contributed by atoms with van der Waals surface area (Å²) in [7, 11) is 0. The summed E-state index contributed by atoms with van der Waals surface area (Å²) in [6.07, 6.45) is 3.09. The maximum atomic E-state index is 13.1. The van der Waals surface area contributed by atoms with E-state index in [9.17, 15) is 9.90 Å². The summed E-state index contributed by atoms with van der Waals surface area (Å²) in [5, 5.41) is 18.3. The van der Waals surface area contributed by atoms with Crippen LogP contribution in [0.25, 0.3) is 11.0 Å². The number of unbranched alkanes of at least 4 members (excludes halogenated alkanes) is 1. The van der Waals surface area contributed by atoms with Crippen LogP contribution in [0, 0.1) is 19.8 Å². The largest absolute Gasteiger partial charge is 0.426 e. The third-order valence-corrected chi connectivity index (χ3v) is 7.01. The fraction of sp³-hybridized carbons (Fsp3) is 0.387. The van der Waals surface area contributed by atoms with Gasteiger partial charge < -0.3 is 14.6 Å². The van der Waals surface area contributed by atoms with Crippen LogP contribution in [0.2, 0.25) is 0 Å². The van der Waals surface area contributed by atoms with Crippen LogP contribution in [-0.4, -0.2) is 32.7 Å². The van der Waals surface area contributed by atoms with Crippen LogP contribution in [-0.2, 0) is 35.7 Å². The van der Waals surface area contributed by atoms with E-state index in [-0.39, 0.29) is 18.5 Å². The second-order valence-electron chi connectivity index (χ2n) is 9.76.